The van der Waals surface area contributed by atoms with Crippen LogP contribution < -0.4 is 0 Å². The van der Waals surface area contributed by atoms with E-state index < -0.39 is 46.7 Å². The van der Waals surface area contributed by atoms with Crippen molar-refractivity contribution in [2.75, 3.05) is 13.2 Å². The van der Waals surface area contributed by atoms with Crippen molar-refractivity contribution in [3.8, 4) is 0 Å². The van der Waals surface area contributed by atoms with Gasteiger partial charge in [-0.1, -0.05) is 85.7 Å². The van der Waals surface area contributed by atoms with E-state index in [1.165, 1.54) is 4.90 Å². The number of aliphatic hydroxyl groups excluding tert-OH is 1. The lowest BCUT2D eigenvalue weighted by atomic mass is 9.92. The van der Waals surface area contributed by atoms with Crippen LogP contribution in [0, 0.1) is 11.8 Å². The minimum atomic E-state index is -2.19. The molecule has 5 atom stereocenters. The first kappa shape index (κ1) is 34.7. The topological polar surface area (TPSA) is 85.3 Å². The molecule has 228 valence electrons. The van der Waals surface area contributed by atoms with E-state index in [-0.39, 0.29) is 35.1 Å². The summed E-state index contributed by atoms with van der Waals surface area (Å²) in [6.07, 6.45) is -1.12. The van der Waals surface area contributed by atoms with E-state index in [0.717, 1.165) is 5.56 Å². The highest BCUT2D eigenvalue weighted by molar-refractivity contribution is 6.74. The molecule has 0 aromatic heterocycles. The van der Waals surface area contributed by atoms with Crippen LogP contribution in [0.25, 0.3) is 0 Å². The summed E-state index contributed by atoms with van der Waals surface area (Å²) in [6, 6.07) is 9.35. The number of ether oxygens (including phenoxy) is 1. The second kappa shape index (κ2) is 13.2. The molecule has 1 heterocycles. The third-order valence-electron chi connectivity index (χ3n) is 9.35. The Hall–Kier alpha value is -1.53. The monoisotopic (exact) mass is 593 g/mol. The predicted octanol–water partition coefficient (Wildman–Crippen LogP) is 7.01. The van der Waals surface area contributed by atoms with Gasteiger partial charge in [0, 0.05) is 12.5 Å². The number of carbonyl (C=O) groups is 2. The van der Waals surface area contributed by atoms with Crippen molar-refractivity contribution >= 4 is 28.6 Å². The van der Waals surface area contributed by atoms with Crippen molar-refractivity contribution in [2.45, 2.75) is 123 Å². The number of amides is 2. The molecular formula is C31H55NO6Si2. The number of rotatable bonds is 12. The molecule has 1 aliphatic heterocycles. The summed E-state index contributed by atoms with van der Waals surface area (Å²) in [5.74, 6) is -1.18. The van der Waals surface area contributed by atoms with Gasteiger partial charge in [0.1, 0.15) is 6.61 Å². The van der Waals surface area contributed by atoms with Gasteiger partial charge in [-0.05, 0) is 54.7 Å². The lowest BCUT2D eigenvalue weighted by molar-refractivity contribution is -0.137. The second-order valence-electron chi connectivity index (χ2n) is 14.7. The molecule has 1 saturated heterocycles. The van der Waals surface area contributed by atoms with Gasteiger partial charge in [-0.15, -0.1) is 0 Å². The van der Waals surface area contributed by atoms with Crippen LogP contribution in [0.15, 0.2) is 30.3 Å². The second-order valence-corrected chi connectivity index (χ2v) is 24.3. The van der Waals surface area contributed by atoms with Gasteiger partial charge in [0.2, 0.25) is 5.91 Å². The Balaban J connectivity index is 2.21. The molecule has 0 bridgehead atoms. The molecule has 2 rings (SSSR count). The van der Waals surface area contributed by atoms with E-state index in [1.807, 2.05) is 30.3 Å². The summed E-state index contributed by atoms with van der Waals surface area (Å²) < 4.78 is 18.7. The quantitative estimate of drug-likeness (QED) is 0.262. The highest BCUT2D eigenvalue weighted by Gasteiger charge is 2.45. The average Bonchev–Trinajstić information content (AvgIpc) is 3.19. The Morgan fingerprint density at radius 1 is 1.02 bits per heavy atom. The average molecular weight is 594 g/mol. The normalized spacial score (nSPS) is 20.2. The van der Waals surface area contributed by atoms with E-state index in [1.54, 1.807) is 6.92 Å². The summed E-state index contributed by atoms with van der Waals surface area (Å²) in [5.41, 5.74) is 1.02. The van der Waals surface area contributed by atoms with Gasteiger partial charge >= 0.3 is 6.09 Å². The third kappa shape index (κ3) is 8.74. The SMILES string of the molecule is C[C@H](CO[Si](C)(C)C(C)(C)C)[C@H](C[C@H](O)[C@@H](C)C(=O)N1C(=O)OC[C@H]1Cc1ccccc1)O[Si](C)(C)C(C)(C)C. The van der Waals surface area contributed by atoms with Gasteiger partial charge in [0.05, 0.1) is 24.2 Å². The largest absolute Gasteiger partial charge is 0.447 e. The zero-order valence-electron chi connectivity index (χ0n) is 27.0. The zero-order valence-corrected chi connectivity index (χ0v) is 29.0. The molecule has 0 unspecified atom stereocenters. The van der Waals surface area contributed by atoms with Crippen molar-refractivity contribution in [1.29, 1.82) is 0 Å². The zero-order chi connectivity index (χ0) is 30.7. The van der Waals surface area contributed by atoms with Crippen LogP contribution in [0.5, 0.6) is 0 Å². The number of cyclic esters (lactones) is 1. The molecule has 1 aromatic rings. The van der Waals surface area contributed by atoms with Crippen molar-refractivity contribution < 1.29 is 28.3 Å². The molecule has 9 heteroatoms. The molecule has 7 nitrogen and oxygen atoms in total. The molecule has 1 aliphatic rings. The fraction of sp³-hybridized carbons (Fsp3) is 0.742. The van der Waals surface area contributed by atoms with Gasteiger partial charge in [-0.25, -0.2) is 9.69 Å². The first-order valence-electron chi connectivity index (χ1n) is 14.7. The van der Waals surface area contributed by atoms with Gasteiger partial charge in [-0.2, -0.15) is 0 Å². The van der Waals surface area contributed by atoms with E-state index in [0.29, 0.717) is 13.0 Å². The number of hydrogen-bond donors (Lipinski definition) is 1. The van der Waals surface area contributed by atoms with Crippen LogP contribution in [0.3, 0.4) is 0 Å². The molecule has 1 aromatic carbocycles. The van der Waals surface area contributed by atoms with E-state index in [2.05, 4.69) is 74.7 Å². The number of aliphatic hydroxyl groups is 1. The van der Waals surface area contributed by atoms with Gasteiger partial charge in [0.15, 0.2) is 16.6 Å². The van der Waals surface area contributed by atoms with E-state index in [4.69, 9.17) is 13.6 Å². The molecule has 1 fully saturated rings. The number of imide groups is 1. The lowest BCUT2D eigenvalue weighted by Crippen LogP contribution is -2.50. The fourth-order valence-electron chi connectivity index (χ4n) is 4.21. The van der Waals surface area contributed by atoms with Crippen LogP contribution in [0.1, 0.15) is 67.4 Å². The molecule has 0 spiro atoms. The van der Waals surface area contributed by atoms with Crippen molar-refractivity contribution in [2.24, 2.45) is 11.8 Å². The van der Waals surface area contributed by atoms with Crippen molar-refractivity contribution in [3.05, 3.63) is 35.9 Å². The molecule has 0 radical (unpaired) electrons. The van der Waals surface area contributed by atoms with Crippen molar-refractivity contribution in [1.82, 2.24) is 4.90 Å². The first-order chi connectivity index (χ1) is 18.2. The van der Waals surface area contributed by atoms with Gasteiger partial charge < -0.3 is 18.7 Å². The van der Waals surface area contributed by atoms with Gasteiger partial charge in [0.25, 0.3) is 0 Å². The first-order valence-corrected chi connectivity index (χ1v) is 20.5. The standard InChI is InChI=1S/C31H55NO6Si2/c1-22(20-37-39(9,10)30(3,4)5)27(38-40(11,12)31(6,7)8)19-26(33)23(2)28(34)32-25(21-36-29(32)35)18-24-16-14-13-15-17-24/h13-17,22-23,25-27,33H,18-21H2,1-12H3/t22-,23-,25-,26+,27+/m1/s1. The highest BCUT2D eigenvalue weighted by atomic mass is 28.4. The predicted molar refractivity (Wildman–Crippen MR) is 166 cm³/mol. The fourth-order valence-corrected chi connectivity index (χ4v) is 6.76. The number of benzene rings is 1. The van der Waals surface area contributed by atoms with Crippen LogP contribution in [0.4, 0.5) is 4.79 Å². The molecule has 0 saturated carbocycles. The molecule has 0 aliphatic carbocycles. The maximum atomic E-state index is 13.6. The Morgan fingerprint density at radius 3 is 2.10 bits per heavy atom. The highest BCUT2D eigenvalue weighted by Crippen LogP contribution is 2.40. The maximum Gasteiger partial charge on any atom is 0.416 e. The Bertz CT molecular complexity index is 986. The van der Waals surface area contributed by atoms with Crippen LogP contribution >= 0.6 is 0 Å². The minimum absolute atomic E-state index is 0.0123. The van der Waals surface area contributed by atoms with Gasteiger partial charge in [-0.3, -0.25) is 4.79 Å². The smallest absolute Gasteiger partial charge is 0.416 e. The van der Waals surface area contributed by atoms with Crippen LogP contribution in [-0.2, 0) is 24.8 Å². The molecule has 40 heavy (non-hydrogen) atoms. The molecule has 2 amide bonds. The lowest BCUT2D eigenvalue weighted by Gasteiger charge is -2.43. The number of carbonyl (C=O) groups excluding carboxylic acids is 2. The van der Waals surface area contributed by atoms with Crippen LogP contribution in [0.2, 0.25) is 36.3 Å². The number of hydrogen-bond acceptors (Lipinski definition) is 6. The van der Waals surface area contributed by atoms with Crippen LogP contribution in [-0.4, -0.2) is 70.1 Å². The molecule has 1 N–H and O–H groups in total. The Labute approximate surface area is 245 Å². The third-order valence-corrected chi connectivity index (χ3v) is 18.4. The van der Waals surface area contributed by atoms with Crippen molar-refractivity contribution in [3.63, 3.8) is 0 Å². The summed E-state index contributed by atoms with van der Waals surface area (Å²) >= 11 is 0. The molecular weight excluding hydrogens is 539 g/mol. The summed E-state index contributed by atoms with van der Waals surface area (Å²) in [6.45, 7) is 26.6. The van der Waals surface area contributed by atoms with E-state index >= 15 is 0 Å². The Kier molecular flexibility index (Phi) is 11.4. The maximum absolute atomic E-state index is 13.6. The summed E-state index contributed by atoms with van der Waals surface area (Å²) in [4.78, 5) is 27.4. The number of nitrogens with zero attached hydrogens (tertiary/aromatic N) is 1. The van der Waals surface area contributed by atoms with E-state index in [9.17, 15) is 14.7 Å². The minimum Gasteiger partial charge on any atom is -0.447 e. The summed E-state index contributed by atoms with van der Waals surface area (Å²) in [7, 11) is -4.16. The Morgan fingerprint density at radius 2 is 1.57 bits per heavy atom. The summed E-state index contributed by atoms with van der Waals surface area (Å²) in [5, 5.41) is 11.5.